The molecule has 1 aromatic heterocycles. The first-order valence-corrected chi connectivity index (χ1v) is 7.29. The van der Waals surface area contributed by atoms with Crippen molar-refractivity contribution >= 4 is 38.9 Å². The molecule has 16 heavy (non-hydrogen) atoms. The average molecular weight is 320 g/mol. The highest BCUT2D eigenvalue weighted by atomic mass is 79.9. The van der Waals surface area contributed by atoms with Crippen molar-refractivity contribution < 1.29 is 0 Å². The highest BCUT2D eigenvalue weighted by Gasteiger charge is 2.24. The number of rotatable bonds is 2. The number of piperidine rings is 1. The number of hydrogen-bond donors (Lipinski definition) is 0. The summed E-state index contributed by atoms with van der Waals surface area (Å²) in [7, 11) is 0. The summed E-state index contributed by atoms with van der Waals surface area (Å²) in [6, 6.07) is 4.22. The topological polar surface area (TPSA) is 27.0 Å². The molecule has 1 aromatic rings. The van der Waals surface area contributed by atoms with E-state index in [1.165, 1.54) is 30.6 Å². The Morgan fingerprint density at radius 1 is 1.44 bits per heavy atom. The molecule has 1 unspecified atom stereocenters. The Bertz CT molecular complexity index is 387. The van der Waals surface area contributed by atoms with E-state index in [-0.39, 0.29) is 6.04 Å². The molecule has 0 amide bonds. The zero-order valence-corrected chi connectivity index (χ0v) is 11.9. The van der Waals surface area contributed by atoms with Crippen molar-refractivity contribution in [3.63, 3.8) is 0 Å². The van der Waals surface area contributed by atoms with Crippen LogP contribution >= 0.6 is 38.9 Å². The van der Waals surface area contributed by atoms with Crippen LogP contribution in [0.3, 0.4) is 0 Å². The number of hydrogen-bond acceptors (Lipinski definition) is 3. The summed E-state index contributed by atoms with van der Waals surface area (Å²) >= 11 is 10.9. The molecule has 86 valence electrons. The molecule has 2 nitrogen and oxygen atoms in total. The number of likely N-dealkylation sites (tertiary alicyclic amines) is 1. The van der Waals surface area contributed by atoms with Gasteiger partial charge in [-0.3, -0.25) is 4.90 Å². The molecule has 0 radical (unpaired) electrons. The van der Waals surface area contributed by atoms with Crippen LogP contribution in [-0.4, -0.2) is 18.0 Å². The molecule has 5 heteroatoms. The number of nitrogens with zero attached hydrogens (tertiary/aromatic N) is 2. The standard InChI is InChI=1S/C11H12BrClN2S/c12-8-6-10(16-11(8)13)9(7-14)15-4-2-1-3-5-15/h6,9H,1-5H2. The van der Waals surface area contributed by atoms with E-state index >= 15 is 0 Å². The maximum Gasteiger partial charge on any atom is 0.133 e. The minimum atomic E-state index is -0.130. The number of nitriles is 1. The van der Waals surface area contributed by atoms with E-state index in [1.54, 1.807) is 0 Å². The van der Waals surface area contributed by atoms with Crippen LogP contribution in [0, 0.1) is 11.3 Å². The lowest BCUT2D eigenvalue weighted by Crippen LogP contribution is -2.32. The Balaban J connectivity index is 2.18. The number of halogens is 2. The van der Waals surface area contributed by atoms with Gasteiger partial charge in [-0.15, -0.1) is 11.3 Å². The van der Waals surface area contributed by atoms with Gasteiger partial charge in [-0.2, -0.15) is 5.26 Å². The second kappa shape index (κ2) is 5.50. The molecule has 0 aromatic carbocycles. The first kappa shape index (κ1) is 12.4. The molecule has 0 bridgehead atoms. The van der Waals surface area contributed by atoms with E-state index in [9.17, 15) is 5.26 Å². The Labute approximate surface area is 113 Å². The monoisotopic (exact) mass is 318 g/mol. The predicted molar refractivity (Wildman–Crippen MR) is 70.8 cm³/mol. The molecule has 0 N–H and O–H groups in total. The summed E-state index contributed by atoms with van der Waals surface area (Å²) < 4.78 is 1.62. The molecule has 1 aliphatic heterocycles. The molecule has 1 saturated heterocycles. The maximum atomic E-state index is 9.29. The molecular formula is C11H12BrClN2S. The minimum Gasteiger partial charge on any atom is -0.284 e. The van der Waals surface area contributed by atoms with Gasteiger partial charge < -0.3 is 0 Å². The predicted octanol–water partition coefficient (Wildman–Crippen LogP) is 4.21. The zero-order chi connectivity index (χ0) is 11.5. The van der Waals surface area contributed by atoms with Gasteiger partial charge in [-0.1, -0.05) is 18.0 Å². The van der Waals surface area contributed by atoms with Gasteiger partial charge >= 0.3 is 0 Å². The van der Waals surface area contributed by atoms with Gasteiger partial charge in [0.15, 0.2) is 0 Å². The lowest BCUT2D eigenvalue weighted by Gasteiger charge is -2.29. The van der Waals surface area contributed by atoms with E-state index in [2.05, 4.69) is 26.9 Å². The molecule has 0 aliphatic carbocycles. The maximum absolute atomic E-state index is 9.29. The summed E-state index contributed by atoms with van der Waals surface area (Å²) in [6.45, 7) is 2.04. The van der Waals surface area contributed by atoms with Gasteiger partial charge in [0.25, 0.3) is 0 Å². The highest BCUT2D eigenvalue weighted by molar-refractivity contribution is 9.10. The van der Waals surface area contributed by atoms with E-state index in [4.69, 9.17) is 11.6 Å². The summed E-state index contributed by atoms with van der Waals surface area (Å²) in [4.78, 5) is 3.29. The summed E-state index contributed by atoms with van der Waals surface area (Å²) in [5.41, 5.74) is 0. The Morgan fingerprint density at radius 3 is 2.62 bits per heavy atom. The van der Waals surface area contributed by atoms with Crippen molar-refractivity contribution in [3.05, 3.63) is 19.8 Å². The van der Waals surface area contributed by atoms with E-state index in [0.717, 1.165) is 26.8 Å². The lowest BCUT2D eigenvalue weighted by atomic mass is 10.1. The molecule has 0 saturated carbocycles. The van der Waals surface area contributed by atoms with E-state index in [0.29, 0.717) is 0 Å². The van der Waals surface area contributed by atoms with Gasteiger partial charge in [0.05, 0.1) is 6.07 Å². The fraction of sp³-hybridized carbons (Fsp3) is 0.545. The van der Waals surface area contributed by atoms with Crippen LogP contribution in [-0.2, 0) is 0 Å². The molecular weight excluding hydrogens is 308 g/mol. The van der Waals surface area contributed by atoms with Crippen LogP contribution in [0.4, 0.5) is 0 Å². The molecule has 1 atom stereocenters. The molecule has 2 rings (SSSR count). The molecule has 1 aliphatic rings. The minimum absolute atomic E-state index is 0.130. The van der Waals surface area contributed by atoms with Gasteiger partial charge in [-0.25, -0.2) is 0 Å². The smallest absolute Gasteiger partial charge is 0.133 e. The van der Waals surface area contributed by atoms with Crippen molar-refractivity contribution in [3.8, 4) is 6.07 Å². The van der Waals surface area contributed by atoms with Crippen LogP contribution in [0.5, 0.6) is 0 Å². The van der Waals surface area contributed by atoms with Crippen molar-refractivity contribution in [2.45, 2.75) is 25.3 Å². The van der Waals surface area contributed by atoms with Crippen LogP contribution in [0.15, 0.2) is 10.5 Å². The third-order valence-corrected chi connectivity index (χ3v) is 5.34. The second-order valence-electron chi connectivity index (χ2n) is 3.90. The Kier molecular flexibility index (Phi) is 4.26. The van der Waals surface area contributed by atoms with Gasteiger partial charge in [-0.05, 0) is 47.9 Å². The van der Waals surface area contributed by atoms with Crippen LogP contribution in [0.2, 0.25) is 4.34 Å². The molecule has 1 fully saturated rings. The Hall–Kier alpha value is -0.0800. The van der Waals surface area contributed by atoms with Gasteiger partial charge in [0.1, 0.15) is 10.4 Å². The van der Waals surface area contributed by atoms with Crippen molar-refractivity contribution in [1.82, 2.24) is 4.90 Å². The second-order valence-corrected chi connectivity index (χ2v) is 6.44. The molecule has 2 heterocycles. The fourth-order valence-electron chi connectivity index (χ4n) is 2.00. The summed E-state index contributed by atoms with van der Waals surface area (Å²) in [5.74, 6) is 0. The molecule has 0 spiro atoms. The van der Waals surface area contributed by atoms with Crippen LogP contribution < -0.4 is 0 Å². The van der Waals surface area contributed by atoms with E-state index < -0.39 is 0 Å². The fourth-order valence-corrected chi connectivity index (χ4v) is 3.82. The Morgan fingerprint density at radius 2 is 2.12 bits per heavy atom. The van der Waals surface area contributed by atoms with Gasteiger partial charge in [0.2, 0.25) is 0 Å². The SMILES string of the molecule is N#CC(c1cc(Br)c(Cl)s1)N1CCCCC1. The van der Waals surface area contributed by atoms with Crippen molar-refractivity contribution in [2.24, 2.45) is 0 Å². The van der Waals surface area contributed by atoms with Crippen molar-refractivity contribution in [2.75, 3.05) is 13.1 Å². The van der Waals surface area contributed by atoms with Crippen LogP contribution in [0.25, 0.3) is 0 Å². The third kappa shape index (κ3) is 2.60. The first-order chi connectivity index (χ1) is 7.72. The lowest BCUT2D eigenvalue weighted by molar-refractivity contribution is 0.198. The van der Waals surface area contributed by atoms with Crippen LogP contribution in [0.1, 0.15) is 30.2 Å². The average Bonchev–Trinajstić information content (AvgIpc) is 2.61. The van der Waals surface area contributed by atoms with Gasteiger partial charge in [0, 0.05) is 9.35 Å². The zero-order valence-electron chi connectivity index (χ0n) is 8.75. The summed E-state index contributed by atoms with van der Waals surface area (Å²) in [5, 5.41) is 9.29. The van der Waals surface area contributed by atoms with Crippen molar-refractivity contribution in [1.29, 1.82) is 5.26 Å². The third-order valence-electron chi connectivity index (χ3n) is 2.81. The first-order valence-electron chi connectivity index (χ1n) is 5.31. The quantitative estimate of drug-likeness (QED) is 0.816. The number of thiophene rings is 1. The van der Waals surface area contributed by atoms with E-state index in [1.807, 2.05) is 6.07 Å². The summed E-state index contributed by atoms with van der Waals surface area (Å²) in [6.07, 6.45) is 3.67. The highest BCUT2D eigenvalue weighted by Crippen LogP contribution is 2.37. The normalized spacial score (nSPS) is 19.3. The largest absolute Gasteiger partial charge is 0.284 e.